The Kier molecular flexibility index (Phi) is 4.80. The molecule has 1 atom stereocenters. The van der Waals surface area contributed by atoms with Gasteiger partial charge in [-0.1, -0.05) is 30.3 Å². The van der Waals surface area contributed by atoms with Crippen LogP contribution in [0.5, 0.6) is 5.75 Å². The summed E-state index contributed by atoms with van der Waals surface area (Å²) < 4.78 is 5.75. The molecule has 0 spiro atoms. The van der Waals surface area contributed by atoms with Gasteiger partial charge in [-0.15, -0.1) is 0 Å². The van der Waals surface area contributed by atoms with Crippen LogP contribution >= 0.6 is 0 Å². The number of fused-ring (bicyclic) bond motifs is 1. The summed E-state index contributed by atoms with van der Waals surface area (Å²) in [4.78, 5) is 23.6. The Morgan fingerprint density at radius 3 is 2.28 bits per heavy atom. The highest BCUT2D eigenvalue weighted by atomic mass is 16.5. The van der Waals surface area contributed by atoms with Crippen molar-refractivity contribution in [2.75, 3.05) is 5.32 Å². The van der Waals surface area contributed by atoms with Crippen molar-refractivity contribution in [1.82, 2.24) is 0 Å². The Morgan fingerprint density at radius 2 is 1.60 bits per heavy atom. The van der Waals surface area contributed by atoms with Gasteiger partial charge < -0.3 is 10.1 Å². The molecule has 0 aromatic heterocycles. The molecular formula is C21H19NO3. The fourth-order valence-electron chi connectivity index (χ4n) is 2.53. The monoisotopic (exact) mass is 333 g/mol. The first kappa shape index (κ1) is 16.7. The van der Waals surface area contributed by atoms with Crippen molar-refractivity contribution in [3.05, 3.63) is 72.3 Å². The fourth-order valence-corrected chi connectivity index (χ4v) is 2.53. The molecule has 0 bridgehead atoms. The highest BCUT2D eigenvalue weighted by molar-refractivity contribution is 5.96. The molecule has 1 N–H and O–H groups in total. The molecule has 0 aliphatic heterocycles. The zero-order valence-electron chi connectivity index (χ0n) is 14.2. The van der Waals surface area contributed by atoms with Crippen LogP contribution in [0.15, 0.2) is 66.7 Å². The van der Waals surface area contributed by atoms with Crippen molar-refractivity contribution in [3.8, 4) is 5.75 Å². The van der Waals surface area contributed by atoms with E-state index in [4.69, 9.17) is 4.74 Å². The molecule has 0 aliphatic carbocycles. The lowest BCUT2D eigenvalue weighted by Gasteiger charge is -2.15. The number of ketones is 1. The van der Waals surface area contributed by atoms with Gasteiger partial charge in [-0.05, 0) is 61.0 Å². The van der Waals surface area contributed by atoms with Crippen LogP contribution < -0.4 is 10.1 Å². The molecule has 3 aromatic rings. The maximum atomic E-state index is 12.3. The maximum absolute atomic E-state index is 12.3. The van der Waals surface area contributed by atoms with E-state index in [-0.39, 0.29) is 11.7 Å². The van der Waals surface area contributed by atoms with Crippen molar-refractivity contribution in [1.29, 1.82) is 0 Å². The van der Waals surface area contributed by atoms with Gasteiger partial charge in [-0.3, -0.25) is 9.59 Å². The minimum Gasteiger partial charge on any atom is -0.481 e. The fraction of sp³-hybridized carbons (Fsp3) is 0.143. The molecule has 4 nitrogen and oxygen atoms in total. The van der Waals surface area contributed by atoms with Crippen LogP contribution in [0.4, 0.5) is 5.69 Å². The minimum absolute atomic E-state index is 0.00844. The third kappa shape index (κ3) is 4.04. The standard InChI is InChI=1S/C21H19NO3/c1-14(23)16-7-10-19(11-8-16)22-21(24)15(2)25-20-12-9-17-5-3-4-6-18(17)13-20/h3-13,15H,1-2H3,(H,22,24)/t15-/m0/s1. The minimum atomic E-state index is -0.645. The number of amides is 1. The molecular weight excluding hydrogens is 314 g/mol. The van der Waals surface area contributed by atoms with E-state index in [1.54, 1.807) is 31.2 Å². The Bertz CT molecular complexity index is 916. The molecule has 0 aliphatic rings. The number of nitrogens with one attached hydrogen (secondary N) is 1. The lowest BCUT2D eigenvalue weighted by molar-refractivity contribution is -0.122. The van der Waals surface area contributed by atoms with Gasteiger partial charge in [0.15, 0.2) is 11.9 Å². The van der Waals surface area contributed by atoms with Gasteiger partial charge in [0.1, 0.15) is 5.75 Å². The van der Waals surface area contributed by atoms with Crippen LogP contribution in [-0.4, -0.2) is 17.8 Å². The molecule has 1 amide bonds. The van der Waals surface area contributed by atoms with Crippen LogP contribution in [0.2, 0.25) is 0 Å². The molecule has 0 heterocycles. The highest BCUT2D eigenvalue weighted by Crippen LogP contribution is 2.21. The van der Waals surface area contributed by atoms with Crippen LogP contribution in [0.3, 0.4) is 0 Å². The third-order valence-corrected chi connectivity index (χ3v) is 3.96. The molecule has 0 saturated heterocycles. The third-order valence-electron chi connectivity index (χ3n) is 3.96. The molecule has 126 valence electrons. The second kappa shape index (κ2) is 7.18. The van der Waals surface area contributed by atoms with E-state index in [0.717, 1.165) is 10.8 Å². The number of benzene rings is 3. The number of hydrogen-bond acceptors (Lipinski definition) is 3. The summed E-state index contributed by atoms with van der Waals surface area (Å²) in [5.74, 6) is 0.392. The summed E-state index contributed by atoms with van der Waals surface area (Å²) in [7, 11) is 0. The summed E-state index contributed by atoms with van der Waals surface area (Å²) in [6.07, 6.45) is -0.645. The summed E-state index contributed by atoms with van der Waals surface area (Å²) in [5, 5.41) is 4.98. The van der Waals surface area contributed by atoms with E-state index < -0.39 is 6.10 Å². The Labute approximate surface area is 146 Å². The lowest BCUT2D eigenvalue weighted by atomic mass is 10.1. The summed E-state index contributed by atoms with van der Waals surface area (Å²) >= 11 is 0. The molecule has 3 rings (SSSR count). The molecule has 25 heavy (non-hydrogen) atoms. The zero-order chi connectivity index (χ0) is 17.8. The summed E-state index contributed by atoms with van der Waals surface area (Å²) in [6, 6.07) is 20.5. The Balaban J connectivity index is 1.66. The predicted octanol–water partition coefficient (Wildman–Crippen LogP) is 4.45. The number of Topliss-reactive ketones (excluding diaryl/α,β-unsaturated/α-hetero) is 1. The summed E-state index contributed by atoms with van der Waals surface area (Å²) in [6.45, 7) is 3.21. The largest absolute Gasteiger partial charge is 0.481 e. The second-order valence-corrected chi connectivity index (χ2v) is 5.89. The molecule has 3 aromatic carbocycles. The van der Waals surface area contributed by atoms with Gasteiger partial charge >= 0.3 is 0 Å². The normalized spacial score (nSPS) is 11.8. The van der Waals surface area contributed by atoms with E-state index in [2.05, 4.69) is 5.32 Å². The first-order valence-electron chi connectivity index (χ1n) is 8.10. The van der Waals surface area contributed by atoms with Crippen LogP contribution in [-0.2, 0) is 4.79 Å². The molecule has 0 fully saturated rings. The predicted molar refractivity (Wildman–Crippen MR) is 99.1 cm³/mol. The Morgan fingerprint density at radius 1 is 0.920 bits per heavy atom. The van der Waals surface area contributed by atoms with Gasteiger partial charge in [-0.2, -0.15) is 0 Å². The zero-order valence-corrected chi connectivity index (χ0v) is 14.2. The van der Waals surface area contributed by atoms with Gasteiger partial charge in [0, 0.05) is 11.3 Å². The number of anilines is 1. The van der Waals surface area contributed by atoms with Gasteiger partial charge in [0.05, 0.1) is 0 Å². The van der Waals surface area contributed by atoms with Crippen molar-refractivity contribution in [3.63, 3.8) is 0 Å². The smallest absolute Gasteiger partial charge is 0.265 e. The first-order chi connectivity index (χ1) is 12.0. The van der Waals surface area contributed by atoms with Crippen LogP contribution in [0, 0.1) is 0 Å². The van der Waals surface area contributed by atoms with Crippen LogP contribution in [0.1, 0.15) is 24.2 Å². The average molecular weight is 333 g/mol. The number of rotatable bonds is 5. The number of ether oxygens (including phenoxy) is 1. The van der Waals surface area contributed by atoms with Gasteiger partial charge in [-0.25, -0.2) is 0 Å². The van der Waals surface area contributed by atoms with E-state index in [0.29, 0.717) is 17.0 Å². The SMILES string of the molecule is CC(=O)c1ccc(NC(=O)[C@H](C)Oc2ccc3ccccc3c2)cc1. The maximum Gasteiger partial charge on any atom is 0.265 e. The van der Waals surface area contributed by atoms with Gasteiger partial charge in [0.25, 0.3) is 5.91 Å². The average Bonchev–Trinajstić information content (AvgIpc) is 2.62. The van der Waals surface area contributed by atoms with E-state index in [1.165, 1.54) is 6.92 Å². The second-order valence-electron chi connectivity index (χ2n) is 5.89. The van der Waals surface area contributed by atoms with E-state index >= 15 is 0 Å². The topological polar surface area (TPSA) is 55.4 Å². The summed E-state index contributed by atoms with van der Waals surface area (Å²) in [5.41, 5.74) is 1.24. The van der Waals surface area contributed by atoms with Crippen molar-refractivity contribution >= 4 is 28.2 Å². The van der Waals surface area contributed by atoms with Gasteiger partial charge in [0.2, 0.25) is 0 Å². The highest BCUT2D eigenvalue weighted by Gasteiger charge is 2.15. The molecule has 0 unspecified atom stereocenters. The van der Waals surface area contributed by atoms with Crippen molar-refractivity contribution in [2.45, 2.75) is 20.0 Å². The first-order valence-corrected chi connectivity index (χ1v) is 8.10. The Hall–Kier alpha value is -3.14. The quantitative estimate of drug-likeness (QED) is 0.702. The molecule has 0 saturated carbocycles. The van der Waals surface area contributed by atoms with E-state index in [9.17, 15) is 9.59 Å². The lowest BCUT2D eigenvalue weighted by Crippen LogP contribution is -2.30. The number of carbonyl (C=O) groups is 2. The number of carbonyl (C=O) groups excluding carboxylic acids is 2. The molecule has 4 heteroatoms. The van der Waals surface area contributed by atoms with Crippen LogP contribution in [0.25, 0.3) is 10.8 Å². The number of hydrogen-bond donors (Lipinski definition) is 1. The molecule has 0 radical (unpaired) electrons. The van der Waals surface area contributed by atoms with E-state index in [1.807, 2.05) is 42.5 Å². The van der Waals surface area contributed by atoms with Crippen molar-refractivity contribution < 1.29 is 14.3 Å². The van der Waals surface area contributed by atoms with Crippen molar-refractivity contribution in [2.24, 2.45) is 0 Å².